The maximum absolute atomic E-state index is 12.3. The molecule has 0 aliphatic carbocycles. The van der Waals surface area contributed by atoms with Crippen LogP contribution in [-0.2, 0) is 9.59 Å². The first-order chi connectivity index (χ1) is 11.8. The zero-order valence-corrected chi connectivity index (χ0v) is 15.0. The van der Waals surface area contributed by atoms with Crippen LogP contribution in [0.5, 0.6) is 5.75 Å². The number of rotatable bonds is 5. The van der Waals surface area contributed by atoms with E-state index in [4.69, 9.17) is 4.74 Å². The van der Waals surface area contributed by atoms with Gasteiger partial charge in [-0.3, -0.25) is 9.59 Å². The van der Waals surface area contributed by atoms with Crippen molar-refractivity contribution in [3.8, 4) is 5.75 Å². The maximum atomic E-state index is 12.3. The van der Waals surface area contributed by atoms with E-state index in [0.717, 1.165) is 0 Å². The molecular formula is C20H24N2O3. The Morgan fingerprint density at radius 2 is 1.52 bits per heavy atom. The molecule has 0 aromatic heterocycles. The summed E-state index contributed by atoms with van der Waals surface area (Å²) < 4.78 is 5.61. The van der Waals surface area contributed by atoms with Gasteiger partial charge >= 0.3 is 0 Å². The number of nitrogens with one attached hydrogen (secondary N) is 2. The van der Waals surface area contributed by atoms with Gasteiger partial charge in [0.15, 0.2) is 6.10 Å². The maximum Gasteiger partial charge on any atom is 0.265 e. The van der Waals surface area contributed by atoms with Crippen LogP contribution in [0.15, 0.2) is 54.6 Å². The highest BCUT2D eigenvalue weighted by Crippen LogP contribution is 2.20. The number of carbonyl (C=O) groups is 2. The first-order valence-corrected chi connectivity index (χ1v) is 8.20. The van der Waals surface area contributed by atoms with Crippen LogP contribution in [0.3, 0.4) is 0 Å². The van der Waals surface area contributed by atoms with Crippen LogP contribution in [0.4, 0.5) is 11.4 Å². The zero-order valence-electron chi connectivity index (χ0n) is 15.0. The molecule has 2 aromatic rings. The van der Waals surface area contributed by atoms with E-state index in [1.807, 2.05) is 39.0 Å². The Morgan fingerprint density at radius 3 is 2.12 bits per heavy atom. The molecule has 0 radical (unpaired) electrons. The Labute approximate surface area is 148 Å². The van der Waals surface area contributed by atoms with Gasteiger partial charge in [0.2, 0.25) is 5.91 Å². The zero-order chi connectivity index (χ0) is 18.4. The highest BCUT2D eigenvalue weighted by atomic mass is 16.5. The van der Waals surface area contributed by atoms with Gasteiger partial charge in [0.1, 0.15) is 5.75 Å². The summed E-state index contributed by atoms with van der Waals surface area (Å²) >= 11 is 0. The summed E-state index contributed by atoms with van der Waals surface area (Å²) in [6.07, 6.45) is -0.643. The SMILES string of the molecule is CC(Oc1ccccc1)C(=O)Nc1cccc(NC(=O)C(C)(C)C)c1. The molecule has 1 atom stereocenters. The van der Waals surface area contributed by atoms with Crippen molar-refractivity contribution >= 4 is 23.2 Å². The molecule has 0 heterocycles. The molecule has 0 spiro atoms. The van der Waals surface area contributed by atoms with Crippen molar-refractivity contribution in [2.75, 3.05) is 10.6 Å². The fraction of sp³-hybridized carbons (Fsp3) is 0.300. The third kappa shape index (κ3) is 5.64. The third-order valence-corrected chi connectivity index (χ3v) is 3.49. The van der Waals surface area contributed by atoms with Gasteiger partial charge in [-0.25, -0.2) is 0 Å². The van der Waals surface area contributed by atoms with Crippen LogP contribution in [0, 0.1) is 5.41 Å². The summed E-state index contributed by atoms with van der Waals surface area (Å²) in [4.78, 5) is 24.3. The number of anilines is 2. The van der Waals surface area contributed by atoms with Crippen molar-refractivity contribution in [3.05, 3.63) is 54.6 Å². The number of benzene rings is 2. The van der Waals surface area contributed by atoms with E-state index < -0.39 is 11.5 Å². The van der Waals surface area contributed by atoms with Gasteiger partial charge in [-0.2, -0.15) is 0 Å². The lowest BCUT2D eigenvalue weighted by molar-refractivity contribution is -0.123. The van der Waals surface area contributed by atoms with Crippen LogP contribution < -0.4 is 15.4 Å². The van der Waals surface area contributed by atoms with Gasteiger partial charge in [0.25, 0.3) is 5.91 Å². The lowest BCUT2D eigenvalue weighted by Crippen LogP contribution is -2.30. The summed E-state index contributed by atoms with van der Waals surface area (Å²) in [6, 6.07) is 16.2. The predicted octanol–water partition coefficient (Wildman–Crippen LogP) is 4.08. The molecule has 25 heavy (non-hydrogen) atoms. The van der Waals surface area contributed by atoms with Gasteiger partial charge in [-0.1, -0.05) is 45.0 Å². The monoisotopic (exact) mass is 340 g/mol. The fourth-order valence-electron chi connectivity index (χ4n) is 1.99. The number of hydrogen-bond acceptors (Lipinski definition) is 3. The van der Waals surface area contributed by atoms with Gasteiger partial charge in [0.05, 0.1) is 0 Å². The first kappa shape index (κ1) is 18.5. The summed E-state index contributed by atoms with van der Waals surface area (Å²) in [7, 11) is 0. The standard InChI is InChI=1S/C20H24N2O3/c1-14(25-17-11-6-5-7-12-17)18(23)21-15-9-8-10-16(13-15)22-19(24)20(2,3)4/h5-14H,1-4H3,(H,21,23)(H,22,24). The minimum atomic E-state index is -0.643. The van der Waals surface area contributed by atoms with Crippen LogP contribution >= 0.6 is 0 Å². The second-order valence-corrected chi connectivity index (χ2v) is 6.85. The van der Waals surface area contributed by atoms with E-state index in [2.05, 4.69) is 10.6 Å². The van der Waals surface area contributed by atoms with Crippen molar-refractivity contribution < 1.29 is 14.3 Å². The second kappa shape index (κ2) is 7.83. The van der Waals surface area contributed by atoms with Gasteiger partial charge in [0, 0.05) is 16.8 Å². The molecule has 2 N–H and O–H groups in total. The van der Waals surface area contributed by atoms with Gasteiger partial charge in [-0.05, 0) is 37.3 Å². The molecule has 0 saturated heterocycles. The molecule has 2 amide bonds. The van der Waals surface area contributed by atoms with Gasteiger partial charge < -0.3 is 15.4 Å². The summed E-state index contributed by atoms with van der Waals surface area (Å²) in [6.45, 7) is 7.22. The predicted molar refractivity (Wildman–Crippen MR) is 99.7 cm³/mol. The second-order valence-electron chi connectivity index (χ2n) is 6.85. The Hall–Kier alpha value is -2.82. The van der Waals surface area contributed by atoms with Crippen LogP contribution in [0.25, 0.3) is 0 Å². The molecule has 0 fully saturated rings. The Morgan fingerprint density at radius 1 is 0.920 bits per heavy atom. The molecule has 2 aromatic carbocycles. The minimum absolute atomic E-state index is 0.0863. The number of ether oxygens (including phenoxy) is 1. The van der Waals surface area contributed by atoms with Crippen molar-refractivity contribution in [2.45, 2.75) is 33.8 Å². The van der Waals surface area contributed by atoms with Crippen molar-refractivity contribution in [1.29, 1.82) is 0 Å². The minimum Gasteiger partial charge on any atom is -0.481 e. The fourth-order valence-corrected chi connectivity index (χ4v) is 1.99. The molecule has 1 unspecified atom stereocenters. The summed E-state index contributed by atoms with van der Waals surface area (Å²) in [5, 5.41) is 5.64. The van der Waals surface area contributed by atoms with E-state index in [0.29, 0.717) is 17.1 Å². The molecule has 5 heteroatoms. The van der Waals surface area contributed by atoms with E-state index in [1.165, 1.54) is 0 Å². The molecule has 5 nitrogen and oxygen atoms in total. The molecular weight excluding hydrogens is 316 g/mol. The molecule has 0 aliphatic rings. The average molecular weight is 340 g/mol. The number of hydrogen-bond donors (Lipinski definition) is 2. The van der Waals surface area contributed by atoms with Gasteiger partial charge in [-0.15, -0.1) is 0 Å². The largest absolute Gasteiger partial charge is 0.481 e. The highest BCUT2D eigenvalue weighted by Gasteiger charge is 2.21. The van der Waals surface area contributed by atoms with Crippen LogP contribution in [0.2, 0.25) is 0 Å². The normalized spacial score (nSPS) is 12.2. The van der Waals surface area contributed by atoms with Crippen molar-refractivity contribution in [2.24, 2.45) is 5.41 Å². The molecule has 0 saturated carbocycles. The number of carbonyl (C=O) groups excluding carboxylic acids is 2. The number of amides is 2. The smallest absolute Gasteiger partial charge is 0.265 e. The molecule has 132 valence electrons. The Bertz CT molecular complexity index is 736. The van der Waals surface area contributed by atoms with E-state index in [1.54, 1.807) is 43.3 Å². The first-order valence-electron chi connectivity index (χ1n) is 8.20. The third-order valence-electron chi connectivity index (χ3n) is 3.49. The lowest BCUT2D eigenvalue weighted by Gasteiger charge is -2.18. The lowest BCUT2D eigenvalue weighted by atomic mass is 9.95. The van der Waals surface area contributed by atoms with E-state index >= 15 is 0 Å². The van der Waals surface area contributed by atoms with Crippen molar-refractivity contribution in [3.63, 3.8) is 0 Å². The van der Waals surface area contributed by atoms with Crippen molar-refractivity contribution in [1.82, 2.24) is 0 Å². The van der Waals surface area contributed by atoms with Crippen LogP contribution in [0.1, 0.15) is 27.7 Å². The molecule has 2 rings (SSSR count). The summed E-state index contributed by atoms with van der Waals surface area (Å²) in [5.74, 6) is 0.288. The Balaban J connectivity index is 1.99. The quantitative estimate of drug-likeness (QED) is 0.862. The van der Waals surface area contributed by atoms with E-state index in [9.17, 15) is 9.59 Å². The topological polar surface area (TPSA) is 67.4 Å². The van der Waals surface area contributed by atoms with Crippen LogP contribution in [-0.4, -0.2) is 17.9 Å². The summed E-state index contributed by atoms with van der Waals surface area (Å²) in [5.41, 5.74) is 0.742. The molecule has 0 bridgehead atoms. The van der Waals surface area contributed by atoms with E-state index in [-0.39, 0.29) is 11.8 Å². The molecule has 0 aliphatic heterocycles. The number of para-hydroxylation sites is 1. The highest BCUT2D eigenvalue weighted by molar-refractivity contribution is 5.97. The Kier molecular flexibility index (Phi) is 5.80. The average Bonchev–Trinajstić information content (AvgIpc) is 2.55.